The lowest BCUT2D eigenvalue weighted by atomic mass is 10.1. The van der Waals surface area contributed by atoms with Crippen LogP contribution in [0.3, 0.4) is 0 Å². The van der Waals surface area contributed by atoms with Gasteiger partial charge in [-0.2, -0.15) is 0 Å². The number of Topliss-reactive ketones (excluding diaryl/α,β-unsaturated/α-hetero) is 1. The minimum Gasteiger partial charge on any atom is -0.437 e. The lowest BCUT2D eigenvalue weighted by Crippen LogP contribution is -2.63. The van der Waals surface area contributed by atoms with Gasteiger partial charge >= 0.3 is 34.2 Å². The maximum Gasteiger partial charge on any atom is 0.328 e. The second-order valence-electron chi connectivity index (χ2n) is 16.2. The second-order valence-corrected chi connectivity index (χ2v) is 39.8. The fourth-order valence-electron chi connectivity index (χ4n) is 6.43. The molecule has 0 amide bonds. The van der Waals surface area contributed by atoms with Gasteiger partial charge in [-0.15, -0.1) is 0 Å². The summed E-state index contributed by atoms with van der Waals surface area (Å²) in [5.41, 5.74) is -0.270. The zero-order valence-corrected chi connectivity index (χ0v) is 38.5. The maximum atomic E-state index is 13.5. The molecule has 0 heterocycles. The van der Waals surface area contributed by atoms with E-state index >= 15 is 0 Å². The van der Waals surface area contributed by atoms with Crippen LogP contribution >= 0.6 is 0 Å². The Balaban J connectivity index is 6.36. The lowest BCUT2D eigenvalue weighted by molar-refractivity contribution is -0.117. The molecule has 0 aliphatic heterocycles. The first kappa shape index (κ1) is 45.7. The Kier molecular flexibility index (Phi) is 21.4. The van der Waals surface area contributed by atoms with Crippen LogP contribution in [0.2, 0.25) is 90.1 Å². The van der Waals surface area contributed by atoms with E-state index in [9.17, 15) is 4.79 Å². The van der Waals surface area contributed by atoms with Crippen molar-refractivity contribution in [2.24, 2.45) is 0 Å². The van der Waals surface area contributed by atoms with Gasteiger partial charge in [0.1, 0.15) is 5.78 Å². The van der Waals surface area contributed by atoms with Crippen LogP contribution in [0, 0.1) is 0 Å². The van der Waals surface area contributed by atoms with Crippen molar-refractivity contribution in [1.82, 2.24) is 0 Å². The molecule has 0 spiro atoms. The number of hydrogen-bond acceptors (Lipinski definition) is 7. The zero-order valence-electron chi connectivity index (χ0n) is 32.5. The Hall–Kier alpha value is 0.731. The van der Waals surface area contributed by atoms with E-state index in [2.05, 4.69) is 92.4 Å². The van der Waals surface area contributed by atoms with Gasteiger partial charge < -0.3 is 25.3 Å². The van der Waals surface area contributed by atoms with Crippen LogP contribution < -0.4 is 0 Å². The normalized spacial score (nSPS) is 16.8. The first-order valence-corrected chi connectivity index (χ1v) is 35.4. The Bertz CT molecular complexity index is 819. The first-order chi connectivity index (χ1) is 20.5. The van der Waals surface area contributed by atoms with Crippen LogP contribution in [0.1, 0.15) is 97.8 Å². The van der Waals surface area contributed by atoms with E-state index in [0.717, 1.165) is 44.8 Å². The summed E-state index contributed by atoms with van der Waals surface area (Å²) in [4.78, 5) is 13.5. The summed E-state index contributed by atoms with van der Waals surface area (Å²) in [5, 5.41) is 0. The maximum absolute atomic E-state index is 13.5. The lowest BCUT2D eigenvalue weighted by Gasteiger charge is -2.47. The Morgan fingerprint density at radius 2 is 0.978 bits per heavy atom. The largest absolute Gasteiger partial charge is 0.437 e. The van der Waals surface area contributed by atoms with Crippen molar-refractivity contribution in [3.63, 3.8) is 0 Å². The van der Waals surface area contributed by atoms with Crippen molar-refractivity contribution in [3.8, 4) is 0 Å². The van der Waals surface area contributed by atoms with Gasteiger partial charge in [0.25, 0.3) is 0 Å². The van der Waals surface area contributed by atoms with E-state index in [1.807, 2.05) is 0 Å². The number of carbonyl (C=O) groups excluding carboxylic acids is 1. The molecule has 45 heavy (non-hydrogen) atoms. The van der Waals surface area contributed by atoms with E-state index in [1.54, 1.807) is 6.92 Å². The van der Waals surface area contributed by atoms with E-state index in [-0.39, 0.29) is 11.3 Å². The Morgan fingerprint density at radius 1 is 0.533 bits per heavy atom. The molecule has 0 bridgehead atoms. The van der Waals surface area contributed by atoms with Crippen molar-refractivity contribution in [2.75, 3.05) is 13.2 Å². The molecule has 3 atom stereocenters. The van der Waals surface area contributed by atoms with E-state index in [4.69, 9.17) is 25.3 Å². The van der Waals surface area contributed by atoms with Gasteiger partial charge in [0.2, 0.25) is 0 Å². The van der Waals surface area contributed by atoms with Crippen molar-refractivity contribution in [2.45, 2.75) is 188 Å². The van der Waals surface area contributed by atoms with Gasteiger partial charge in [-0.1, -0.05) is 71.6 Å². The Labute approximate surface area is 286 Å². The number of ether oxygens (including phenoxy) is 1. The summed E-state index contributed by atoms with van der Waals surface area (Å²) in [7, 11) is -15.0. The van der Waals surface area contributed by atoms with Crippen molar-refractivity contribution in [3.05, 3.63) is 0 Å². The summed E-state index contributed by atoms with van der Waals surface area (Å²) >= 11 is 0. The SMILES string of the molecule is CCCCCCCCCC(C(C)=O)[Si](C)(O[Si](C)(C)O[Si](C)(C)C)O[Si](C)(CCCOCCCCC)O[Si](C)(C)O[Si](C)(C)C. The van der Waals surface area contributed by atoms with Crippen molar-refractivity contribution >= 4 is 56.7 Å². The summed E-state index contributed by atoms with van der Waals surface area (Å²) < 4.78 is 41.1. The second kappa shape index (κ2) is 21.1. The predicted octanol–water partition coefficient (Wildman–Crippen LogP) is 11.0. The van der Waals surface area contributed by atoms with Crippen LogP contribution in [-0.2, 0) is 30.1 Å². The molecule has 270 valence electrons. The molecule has 3 unspecified atom stereocenters. The highest BCUT2D eigenvalue weighted by molar-refractivity contribution is 6.92. The number of ketones is 1. The van der Waals surface area contributed by atoms with Gasteiger partial charge in [0.15, 0.2) is 16.6 Å². The fourth-order valence-corrected chi connectivity index (χ4v) is 36.1. The summed E-state index contributed by atoms with van der Waals surface area (Å²) in [6, 6.07) is 0.775. The summed E-state index contributed by atoms with van der Waals surface area (Å²) in [6.45, 7) is 33.8. The average molecular weight is 741 g/mol. The third-order valence-electron chi connectivity index (χ3n) is 7.46. The molecule has 0 rings (SSSR count). The van der Waals surface area contributed by atoms with Gasteiger partial charge in [-0.3, -0.25) is 4.79 Å². The third kappa shape index (κ3) is 22.9. The molecule has 0 N–H and O–H groups in total. The van der Waals surface area contributed by atoms with Crippen LogP contribution in [0.15, 0.2) is 0 Å². The predicted molar refractivity (Wildman–Crippen MR) is 207 cm³/mol. The topological polar surface area (TPSA) is 72.5 Å². The standard InChI is InChI=1S/C32H76O7Si6/c1-16-18-20-21-22-23-24-27-32(31(3)33)45(15,38-43(12,13)36-41(7,8)9)39-44(14,30-26-29-34-28-25-19-17-2)37-42(10,11)35-40(4,5)6/h32H,16-30H2,1-15H3. The molecule has 0 saturated carbocycles. The average Bonchev–Trinajstić information content (AvgIpc) is 2.80. The molecule has 0 aromatic heterocycles. The van der Waals surface area contributed by atoms with Crippen LogP contribution in [0.5, 0.6) is 0 Å². The molecule has 0 fully saturated rings. The molecule has 7 nitrogen and oxygen atoms in total. The van der Waals surface area contributed by atoms with E-state index in [1.165, 1.54) is 44.9 Å². The quantitative estimate of drug-likeness (QED) is 0.0584. The third-order valence-corrected chi connectivity index (χ3v) is 30.1. The van der Waals surface area contributed by atoms with Gasteiger partial charge in [-0.25, -0.2) is 0 Å². The van der Waals surface area contributed by atoms with Gasteiger partial charge in [0, 0.05) is 13.2 Å². The number of hydrogen-bond donors (Lipinski definition) is 0. The number of rotatable bonds is 28. The van der Waals surface area contributed by atoms with Gasteiger partial charge in [0.05, 0.1) is 5.54 Å². The van der Waals surface area contributed by atoms with Gasteiger partial charge in [-0.05, 0) is 111 Å². The molecule has 0 aliphatic carbocycles. The molecular formula is C32H76O7Si6. The molecule has 0 radical (unpaired) electrons. The van der Waals surface area contributed by atoms with Crippen LogP contribution in [-0.4, -0.2) is 69.9 Å². The zero-order chi connectivity index (χ0) is 35.0. The molecule has 0 aliphatic rings. The first-order valence-electron chi connectivity index (χ1n) is 18.1. The monoisotopic (exact) mass is 740 g/mol. The molecule has 13 heteroatoms. The summed E-state index contributed by atoms with van der Waals surface area (Å²) in [6.07, 6.45) is 13.6. The van der Waals surface area contributed by atoms with Crippen molar-refractivity contribution in [1.29, 1.82) is 0 Å². The van der Waals surface area contributed by atoms with Crippen molar-refractivity contribution < 1.29 is 30.1 Å². The van der Waals surface area contributed by atoms with Crippen LogP contribution in [0.4, 0.5) is 0 Å². The smallest absolute Gasteiger partial charge is 0.328 e. The highest BCUT2D eigenvalue weighted by atomic mass is 28.5. The summed E-state index contributed by atoms with van der Waals surface area (Å²) in [5.74, 6) is 0.165. The minimum absolute atomic E-state index is 0.165. The van der Waals surface area contributed by atoms with E-state index < -0.39 is 50.9 Å². The Morgan fingerprint density at radius 3 is 1.47 bits per heavy atom. The number of carbonyl (C=O) groups is 1. The molecule has 0 aromatic carbocycles. The fraction of sp³-hybridized carbons (Fsp3) is 0.969. The molecule has 0 saturated heterocycles. The highest BCUT2D eigenvalue weighted by Crippen LogP contribution is 2.39. The minimum atomic E-state index is -3.15. The molecular weight excluding hydrogens is 665 g/mol. The number of unbranched alkanes of at least 4 members (excludes halogenated alkanes) is 8. The molecule has 0 aromatic rings. The van der Waals surface area contributed by atoms with Crippen LogP contribution in [0.25, 0.3) is 0 Å². The van der Waals surface area contributed by atoms with E-state index in [0.29, 0.717) is 6.61 Å². The highest BCUT2D eigenvalue weighted by Gasteiger charge is 2.55.